The van der Waals surface area contributed by atoms with Crippen molar-refractivity contribution < 1.29 is 18.7 Å². The van der Waals surface area contributed by atoms with E-state index in [1.807, 2.05) is 18.2 Å². The fourth-order valence-corrected chi connectivity index (χ4v) is 5.60. The lowest BCUT2D eigenvalue weighted by Gasteiger charge is -2.17. The molecule has 1 aromatic heterocycles. The summed E-state index contributed by atoms with van der Waals surface area (Å²) < 4.78 is 27.4. The number of fused-ring (bicyclic) bond motifs is 2. The first-order valence-corrected chi connectivity index (χ1v) is 12.5. The molecule has 0 saturated carbocycles. The van der Waals surface area contributed by atoms with E-state index in [2.05, 4.69) is 24.1 Å². The largest absolute Gasteiger partial charge is 0.454 e. The summed E-state index contributed by atoms with van der Waals surface area (Å²) >= 11 is 1.27. The summed E-state index contributed by atoms with van der Waals surface area (Å²) in [5, 5.41) is 2.74. The predicted octanol–water partition coefficient (Wildman–Crippen LogP) is 2.49. The van der Waals surface area contributed by atoms with Gasteiger partial charge in [0.25, 0.3) is 11.5 Å². The predicted molar refractivity (Wildman–Crippen MR) is 134 cm³/mol. The van der Waals surface area contributed by atoms with Gasteiger partial charge in [-0.15, -0.1) is 11.3 Å². The van der Waals surface area contributed by atoms with Gasteiger partial charge >= 0.3 is 0 Å². The van der Waals surface area contributed by atoms with Crippen LogP contribution >= 0.6 is 11.3 Å². The molecule has 5 rings (SSSR count). The molecule has 2 aliphatic heterocycles. The van der Waals surface area contributed by atoms with Gasteiger partial charge in [0.1, 0.15) is 10.5 Å². The monoisotopic (exact) mass is 495 g/mol. The van der Waals surface area contributed by atoms with Gasteiger partial charge in [-0.05, 0) is 68.0 Å². The van der Waals surface area contributed by atoms with Crippen LogP contribution in [0.25, 0.3) is 11.6 Å². The number of benzene rings is 2. The summed E-state index contributed by atoms with van der Waals surface area (Å²) in [6.07, 6.45) is 2.57. The maximum atomic E-state index is 13.8. The number of nitrogens with one attached hydrogen (secondary N) is 1. The SMILES string of the molecule is CCN(CC)CCCn1c(=O)/c(=C/c2ccc3c(c2)OCO3)s/c1=C1\C(=O)Nc2cc(F)ccc21. The van der Waals surface area contributed by atoms with Gasteiger partial charge in [-0.2, -0.15) is 0 Å². The first kappa shape index (κ1) is 23.3. The van der Waals surface area contributed by atoms with Crippen LogP contribution in [-0.2, 0) is 11.3 Å². The van der Waals surface area contributed by atoms with Gasteiger partial charge in [0.05, 0.1) is 15.8 Å². The number of hydrogen-bond acceptors (Lipinski definition) is 6. The van der Waals surface area contributed by atoms with E-state index in [9.17, 15) is 14.0 Å². The maximum absolute atomic E-state index is 13.8. The zero-order chi connectivity index (χ0) is 24.5. The van der Waals surface area contributed by atoms with Crippen LogP contribution in [0.4, 0.5) is 10.1 Å². The van der Waals surface area contributed by atoms with E-state index in [4.69, 9.17) is 9.47 Å². The van der Waals surface area contributed by atoms with Crippen molar-refractivity contribution in [2.45, 2.75) is 26.8 Å². The van der Waals surface area contributed by atoms with Crippen molar-refractivity contribution in [1.29, 1.82) is 0 Å². The molecule has 1 amide bonds. The molecule has 2 aliphatic rings. The smallest absolute Gasteiger partial charge is 0.269 e. The van der Waals surface area contributed by atoms with Crippen LogP contribution in [0.5, 0.6) is 11.5 Å². The highest BCUT2D eigenvalue weighted by Gasteiger charge is 2.27. The Labute approximate surface area is 205 Å². The fourth-order valence-electron chi connectivity index (χ4n) is 4.41. The third-order valence-electron chi connectivity index (χ3n) is 6.29. The first-order valence-electron chi connectivity index (χ1n) is 11.7. The molecule has 0 saturated heterocycles. The number of carbonyl (C=O) groups excluding carboxylic acids is 1. The van der Waals surface area contributed by atoms with Crippen LogP contribution < -0.4 is 29.5 Å². The lowest BCUT2D eigenvalue weighted by Crippen LogP contribution is -2.34. The van der Waals surface area contributed by atoms with Gasteiger partial charge in [0, 0.05) is 12.1 Å². The molecule has 3 heterocycles. The quantitative estimate of drug-likeness (QED) is 0.545. The molecule has 0 atom stereocenters. The Balaban J connectivity index is 1.64. The third-order valence-corrected chi connectivity index (χ3v) is 7.42. The van der Waals surface area contributed by atoms with E-state index in [-0.39, 0.29) is 18.3 Å². The molecule has 0 fully saturated rings. The fraction of sp³-hybridized carbons (Fsp3) is 0.308. The van der Waals surface area contributed by atoms with Crippen molar-refractivity contribution in [3.63, 3.8) is 0 Å². The van der Waals surface area contributed by atoms with Crippen molar-refractivity contribution in [3.05, 3.63) is 72.9 Å². The number of ether oxygens (including phenoxy) is 2. The number of anilines is 1. The van der Waals surface area contributed by atoms with E-state index in [1.165, 1.54) is 23.5 Å². The van der Waals surface area contributed by atoms with Gasteiger partial charge in [-0.25, -0.2) is 4.39 Å². The number of hydrogen-bond donors (Lipinski definition) is 1. The number of nitrogens with zero attached hydrogens (tertiary/aromatic N) is 2. The van der Waals surface area contributed by atoms with E-state index < -0.39 is 5.82 Å². The molecule has 0 radical (unpaired) electrons. The number of thiazole rings is 1. The average molecular weight is 496 g/mol. The second-order valence-electron chi connectivity index (χ2n) is 8.38. The number of aromatic nitrogens is 1. The first-order chi connectivity index (χ1) is 17.0. The van der Waals surface area contributed by atoms with E-state index in [0.29, 0.717) is 44.1 Å². The van der Waals surface area contributed by atoms with Gasteiger partial charge in [-0.3, -0.25) is 14.2 Å². The Morgan fingerprint density at radius 1 is 1.11 bits per heavy atom. The van der Waals surface area contributed by atoms with Crippen molar-refractivity contribution in [3.8, 4) is 11.5 Å². The number of halogens is 1. The normalized spacial score (nSPS) is 16.2. The van der Waals surface area contributed by atoms with Crippen LogP contribution in [0.3, 0.4) is 0 Å². The van der Waals surface area contributed by atoms with Crippen molar-refractivity contribution >= 4 is 34.6 Å². The molecule has 35 heavy (non-hydrogen) atoms. The summed E-state index contributed by atoms with van der Waals surface area (Å²) in [6, 6.07) is 9.73. The lowest BCUT2D eigenvalue weighted by atomic mass is 10.1. The van der Waals surface area contributed by atoms with Gasteiger partial charge in [-0.1, -0.05) is 19.9 Å². The van der Waals surface area contributed by atoms with Crippen LogP contribution in [0.1, 0.15) is 31.4 Å². The minimum Gasteiger partial charge on any atom is -0.454 e. The van der Waals surface area contributed by atoms with E-state index >= 15 is 0 Å². The van der Waals surface area contributed by atoms with Gasteiger partial charge in [0.15, 0.2) is 11.5 Å². The Hall–Kier alpha value is -3.43. The zero-order valence-corrected chi connectivity index (χ0v) is 20.4. The molecule has 0 aliphatic carbocycles. The minimum atomic E-state index is -0.426. The Bertz CT molecular complexity index is 1470. The molecule has 182 valence electrons. The summed E-state index contributed by atoms with van der Waals surface area (Å²) in [5.74, 6) is 0.546. The highest BCUT2D eigenvalue weighted by Crippen LogP contribution is 2.33. The molecule has 2 aromatic carbocycles. The zero-order valence-electron chi connectivity index (χ0n) is 19.6. The summed E-state index contributed by atoms with van der Waals surface area (Å²) in [4.78, 5) is 28.8. The third kappa shape index (κ3) is 4.49. The maximum Gasteiger partial charge on any atom is 0.269 e. The summed E-state index contributed by atoms with van der Waals surface area (Å²) in [5.41, 5.74) is 2.07. The van der Waals surface area contributed by atoms with Crippen molar-refractivity contribution in [1.82, 2.24) is 9.47 Å². The standard InChI is InChI=1S/C26H26FN3O4S/c1-3-29(4-2)10-5-11-30-25(32)22(13-16-6-9-20-21(12-16)34-15-33-20)35-26(30)23-18-8-7-17(27)14-19(18)28-24(23)31/h6-9,12-14H,3-5,10-11,15H2,1-2H3,(H,28,31)/b22-13-,26-23-. The molecular weight excluding hydrogens is 469 g/mol. The molecule has 3 aromatic rings. The van der Waals surface area contributed by atoms with E-state index in [1.54, 1.807) is 16.7 Å². The van der Waals surface area contributed by atoms with E-state index in [0.717, 1.165) is 31.6 Å². The van der Waals surface area contributed by atoms with Crippen LogP contribution in [0.2, 0.25) is 0 Å². The number of amides is 1. The highest BCUT2D eigenvalue weighted by molar-refractivity contribution is 7.07. The Morgan fingerprint density at radius 2 is 1.91 bits per heavy atom. The Kier molecular flexibility index (Phi) is 6.44. The van der Waals surface area contributed by atoms with Crippen LogP contribution in [0, 0.1) is 5.82 Å². The highest BCUT2D eigenvalue weighted by atomic mass is 32.1. The van der Waals surface area contributed by atoms with Gasteiger partial charge < -0.3 is 19.7 Å². The van der Waals surface area contributed by atoms with Gasteiger partial charge in [0.2, 0.25) is 6.79 Å². The minimum absolute atomic E-state index is 0.155. The second kappa shape index (κ2) is 9.67. The molecule has 0 bridgehead atoms. The molecule has 0 spiro atoms. The molecule has 7 nitrogen and oxygen atoms in total. The summed E-state index contributed by atoms with van der Waals surface area (Å²) in [7, 11) is 0. The topological polar surface area (TPSA) is 72.8 Å². The summed E-state index contributed by atoms with van der Waals surface area (Å²) in [6.45, 7) is 7.59. The molecular formula is C26H26FN3O4S. The number of rotatable bonds is 7. The average Bonchev–Trinajstić information content (AvgIpc) is 3.52. The molecule has 0 unspecified atom stereocenters. The molecule has 1 N–H and O–H groups in total. The molecule has 9 heteroatoms. The van der Waals surface area contributed by atoms with Crippen LogP contribution in [0.15, 0.2) is 41.2 Å². The van der Waals surface area contributed by atoms with Crippen molar-refractivity contribution in [2.75, 3.05) is 31.7 Å². The second-order valence-corrected chi connectivity index (χ2v) is 9.42. The lowest BCUT2D eigenvalue weighted by molar-refractivity contribution is -0.110. The Morgan fingerprint density at radius 3 is 2.71 bits per heavy atom. The van der Waals surface area contributed by atoms with Crippen molar-refractivity contribution in [2.24, 2.45) is 0 Å². The number of carbonyl (C=O) groups is 1. The van der Waals surface area contributed by atoms with Crippen LogP contribution in [-0.4, -0.2) is 41.8 Å².